The Bertz CT molecular complexity index is 1120. The molecular weight excluding hydrogens is 421 g/mol. The molecule has 0 aromatic heterocycles. The van der Waals surface area contributed by atoms with E-state index in [1.54, 1.807) is 24.2 Å². The van der Waals surface area contributed by atoms with Crippen LogP contribution in [0.5, 0.6) is 0 Å². The second-order valence-electron chi connectivity index (χ2n) is 9.09. The minimum Gasteiger partial charge on any atom is -0.362 e. The third-order valence-electron chi connectivity index (χ3n) is 7.44. The number of ketones is 1. The van der Waals surface area contributed by atoms with Crippen LogP contribution in [0.4, 0.5) is 13.2 Å². The first-order valence-corrected chi connectivity index (χ1v) is 10.7. The minimum absolute atomic E-state index is 0.0592. The maximum atomic E-state index is 13.7. The Hall–Kier alpha value is -2.97. The second kappa shape index (κ2) is 6.76. The molecule has 3 heterocycles. The largest absolute Gasteiger partial charge is 0.416 e. The molecule has 5 rings (SSSR count). The summed E-state index contributed by atoms with van der Waals surface area (Å²) in [4.78, 5) is 28.3. The molecule has 168 valence electrons. The Morgan fingerprint density at radius 2 is 2.03 bits per heavy atom. The van der Waals surface area contributed by atoms with E-state index < -0.39 is 28.7 Å². The van der Waals surface area contributed by atoms with Gasteiger partial charge in [0.25, 0.3) is 0 Å². The van der Waals surface area contributed by atoms with E-state index >= 15 is 0 Å². The summed E-state index contributed by atoms with van der Waals surface area (Å²) in [7, 11) is 1.73. The zero-order valence-electron chi connectivity index (χ0n) is 17.8. The smallest absolute Gasteiger partial charge is 0.362 e. The molecule has 1 aromatic rings. The summed E-state index contributed by atoms with van der Waals surface area (Å²) in [5, 5.41) is 11.5. The number of azo groups is 1. The lowest BCUT2D eigenvalue weighted by Crippen LogP contribution is -2.53. The van der Waals surface area contributed by atoms with Gasteiger partial charge in [-0.1, -0.05) is 25.1 Å². The van der Waals surface area contributed by atoms with Crippen molar-refractivity contribution in [2.45, 2.75) is 50.4 Å². The fraction of sp³-hybridized carbons (Fsp3) is 0.478. The maximum Gasteiger partial charge on any atom is 0.416 e. The molecule has 1 fully saturated rings. The van der Waals surface area contributed by atoms with Crippen LogP contribution in [0.25, 0.3) is 0 Å². The van der Waals surface area contributed by atoms with E-state index in [0.29, 0.717) is 48.2 Å². The first-order chi connectivity index (χ1) is 15.1. The standard InChI is InChI=1S/C23H23F3N4O2/c1-3-22(13-5-4-6-14(9-13)23(24,25)26)15-12-27-29-19(15)28-16-10-21(11-17(31)18(16)22)7-8-30(2)20(21)32/h4-6,9,12,19,28H,3,7-8,10-11H2,1-2H3/t19?,21-,22+/m1/s1. The van der Waals surface area contributed by atoms with E-state index in [1.807, 2.05) is 6.92 Å². The molecule has 1 amide bonds. The molecule has 3 aliphatic heterocycles. The van der Waals surface area contributed by atoms with Gasteiger partial charge in [-0.3, -0.25) is 9.59 Å². The van der Waals surface area contributed by atoms with Gasteiger partial charge in [0.2, 0.25) is 5.91 Å². The van der Waals surface area contributed by atoms with Crippen LogP contribution in [0.1, 0.15) is 43.7 Å². The SMILES string of the molecule is CC[C@]1(c2cccc(C(F)(F)F)c2)C2=CN=NC2NC2=C1C(=O)C[C@@]1(CCN(C)C1=O)C2. The highest BCUT2D eigenvalue weighted by Gasteiger charge is 2.57. The van der Waals surface area contributed by atoms with Gasteiger partial charge in [0.1, 0.15) is 0 Å². The number of fused-ring (bicyclic) bond motifs is 1. The maximum absolute atomic E-state index is 13.7. The first kappa shape index (κ1) is 20.9. The Kier molecular flexibility index (Phi) is 4.42. The van der Waals surface area contributed by atoms with Gasteiger partial charge in [-0.05, 0) is 24.5 Å². The zero-order chi connectivity index (χ0) is 22.9. The summed E-state index contributed by atoms with van der Waals surface area (Å²) < 4.78 is 40.6. The van der Waals surface area contributed by atoms with Gasteiger partial charge in [0.05, 0.1) is 22.6 Å². The number of hydrogen-bond donors (Lipinski definition) is 1. The van der Waals surface area contributed by atoms with Crippen molar-refractivity contribution in [3.63, 3.8) is 0 Å². The van der Waals surface area contributed by atoms with Crippen LogP contribution in [-0.2, 0) is 21.2 Å². The molecule has 4 aliphatic rings. The van der Waals surface area contributed by atoms with E-state index in [2.05, 4.69) is 15.5 Å². The third-order valence-corrected chi connectivity index (χ3v) is 7.44. The van der Waals surface area contributed by atoms with Crippen LogP contribution in [0.2, 0.25) is 0 Å². The number of benzene rings is 1. The van der Waals surface area contributed by atoms with Gasteiger partial charge >= 0.3 is 6.18 Å². The van der Waals surface area contributed by atoms with E-state index in [9.17, 15) is 22.8 Å². The summed E-state index contributed by atoms with van der Waals surface area (Å²) in [6.45, 7) is 2.44. The fourth-order valence-corrected chi connectivity index (χ4v) is 5.91. The van der Waals surface area contributed by atoms with Crippen molar-refractivity contribution >= 4 is 11.7 Å². The molecule has 0 bridgehead atoms. The van der Waals surface area contributed by atoms with E-state index in [-0.39, 0.29) is 18.1 Å². The van der Waals surface area contributed by atoms with Gasteiger partial charge in [0, 0.05) is 43.3 Å². The predicted molar refractivity (Wildman–Crippen MR) is 109 cm³/mol. The first-order valence-electron chi connectivity index (χ1n) is 10.7. The highest BCUT2D eigenvalue weighted by atomic mass is 19.4. The van der Waals surface area contributed by atoms with Crippen molar-refractivity contribution in [3.8, 4) is 0 Å². The number of alkyl halides is 3. The van der Waals surface area contributed by atoms with Crippen molar-refractivity contribution < 1.29 is 22.8 Å². The Labute approximate surface area is 183 Å². The van der Waals surface area contributed by atoms with Gasteiger partial charge in [-0.15, -0.1) is 0 Å². The predicted octanol–water partition coefficient (Wildman–Crippen LogP) is 4.10. The highest BCUT2D eigenvalue weighted by Crippen LogP contribution is 2.55. The fourth-order valence-electron chi connectivity index (χ4n) is 5.91. The highest BCUT2D eigenvalue weighted by molar-refractivity contribution is 6.05. The molecule has 1 unspecified atom stereocenters. The Balaban J connectivity index is 1.72. The normalized spacial score (nSPS) is 31.7. The molecule has 0 radical (unpaired) electrons. The molecule has 0 saturated carbocycles. The summed E-state index contributed by atoms with van der Waals surface area (Å²) in [6.07, 6.45) is -2.17. The van der Waals surface area contributed by atoms with Crippen LogP contribution >= 0.6 is 0 Å². The van der Waals surface area contributed by atoms with E-state index in [1.165, 1.54) is 6.07 Å². The number of carbonyl (C=O) groups is 2. The number of carbonyl (C=O) groups excluding carboxylic acids is 2. The number of halogens is 3. The molecule has 6 nitrogen and oxygen atoms in total. The average molecular weight is 444 g/mol. The number of Topliss-reactive ketones (excluding diaryl/α,β-unsaturated/α-hetero) is 1. The van der Waals surface area contributed by atoms with Gasteiger partial charge in [-0.25, -0.2) is 0 Å². The molecule has 3 atom stereocenters. The third kappa shape index (κ3) is 2.72. The molecule has 1 N–H and O–H groups in total. The zero-order valence-corrected chi connectivity index (χ0v) is 17.8. The number of rotatable bonds is 2. The molecule has 1 saturated heterocycles. The second-order valence-corrected chi connectivity index (χ2v) is 9.09. The van der Waals surface area contributed by atoms with Crippen molar-refractivity contribution in [2.24, 2.45) is 15.6 Å². The molecule has 9 heteroatoms. The van der Waals surface area contributed by atoms with Crippen molar-refractivity contribution in [2.75, 3.05) is 13.6 Å². The quantitative estimate of drug-likeness (QED) is 0.747. The summed E-state index contributed by atoms with van der Waals surface area (Å²) >= 11 is 0. The minimum atomic E-state index is -4.51. The number of nitrogens with one attached hydrogen (secondary N) is 1. The lowest BCUT2D eigenvalue weighted by molar-refractivity contribution is -0.139. The summed E-state index contributed by atoms with van der Waals surface area (Å²) in [5.74, 6) is -0.261. The lowest BCUT2D eigenvalue weighted by Gasteiger charge is -2.48. The van der Waals surface area contributed by atoms with Crippen molar-refractivity contribution in [1.29, 1.82) is 0 Å². The van der Waals surface area contributed by atoms with Gasteiger partial charge in [0.15, 0.2) is 11.9 Å². The topological polar surface area (TPSA) is 74.1 Å². The molecular formula is C23H23F3N4O2. The van der Waals surface area contributed by atoms with E-state index in [0.717, 1.165) is 12.1 Å². The number of nitrogens with zero attached hydrogens (tertiary/aromatic N) is 3. The van der Waals surface area contributed by atoms with Crippen LogP contribution in [0.15, 0.2) is 57.5 Å². The number of amides is 1. The molecule has 1 spiro atoms. The average Bonchev–Trinajstić information content (AvgIpc) is 3.32. The van der Waals surface area contributed by atoms with Crippen LogP contribution in [-0.4, -0.2) is 36.3 Å². The Morgan fingerprint density at radius 3 is 2.69 bits per heavy atom. The van der Waals surface area contributed by atoms with Crippen molar-refractivity contribution in [3.05, 3.63) is 58.4 Å². The van der Waals surface area contributed by atoms with E-state index in [4.69, 9.17) is 0 Å². The van der Waals surface area contributed by atoms with Crippen LogP contribution < -0.4 is 5.32 Å². The number of allylic oxidation sites excluding steroid dienone is 2. The summed E-state index contributed by atoms with van der Waals surface area (Å²) in [5.41, 5.74) is -0.539. The van der Waals surface area contributed by atoms with Gasteiger partial charge < -0.3 is 10.2 Å². The van der Waals surface area contributed by atoms with Crippen LogP contribution in [0, 0.1) is 5.41 Å². The summed E-state index contributed by atoms with van der Waals surface area (Å²) in [6, 6.07) is 5.17. The monoisotopic (exact) mass is 444 g/mol. The number of likely N-dealkylation sites (tertiary alicyclic amines) is 1. The van der Waals surface area contributed by atoms with Crippen molar-refractivity contribution in [1.82, 2.24) is 10.2 Å². The van der Waals surface area contributed by atoms with Gasteiger partial charge in [-0.2, -0.15) is 23.4 Å². The number of hydrogen-bond acceptors (Lipinski definition) is 5. The molecule has 1 aromatic carbocycles. The lowest BCUT2D eigenvalue weighted by atomic mass is 9.58. The Morgan fingerprint density at radius 1 is 1.25 bits per heavy atom. The van der Waals surface area contributed by atoms with Crippen LogP contribution in [0.3, 0.4) is 0 Å². The molecule has 32 heavy (non-hydrogen) atoms. The molecule has 1 aliphatic carbocycles.